The zero-order valence-corrected chi connectivity index (χ0v) is 14.9. The Hall–Kier alpha value is -1.75. The van der Waals surface area contributed by atoms with Crippen LogP contribution in [-0.4, -0.2) is 32.7 Å². The highest BCUT2D eigenvalue weighted by molar-refractivity contribution is 5.75. The summed E-state index contributed by atoms with van der Waals surface area (Å²) in [5.74, 6) is 2.24. The van der Waals surface area contributed by atoms with E-state index in [1.165, 1.54) is 6.42 Å². The Morgan fingerprint density at radius 1 is 1.38 bits per heavy atom. The smallest absolute Gasteiger partial charge is 0.220 e. The molecule has 1 atom stereocenters. The molecule has 0 aliphatic carbocycles. The highest BCUT2D eigenvalue weighted by Gasteiger charge is 2.15. The number of hydrogen-bond acceptors (Lipinski definition) is 4. The molecule has 0 radical (unpaired) electrons. The predicted octanol–water partition coefficient (Wildman–Crippen LogP) is 2.88. The van der Waals surface area contributed by atoms with Crippen LogP contribution in [0.2, 0.25) is 0 Å². The number of nitrogens with one attached hydrogen (secondary N) is 2. The molecule has 1 fully saturated rings. The molecule has 2 N–H and O–H groups in total. The Morgan fingerprint density at radius 2 is 2.25 bits per heavy atom. The highest BCUT2D eigenvalue weighted by Crippen LogP contribution is 2.28. The van der Waals surface area contributed by atoms with Crippen molar-refractivity contribution < 1.29 is 14.3 Å². The number of carbonyl (C=O) groups is 1. The molecule has 1 aromatic rings. The van der Waals surface area contributed by atoms with E-state index in [1.54, 1.807) is 7.11 Å². The van der Waals surface area contributed by atoms with Crippen molar-refractivity contribution in [1.82, 2.24) is 10.6 Å². The van der Waals surface area contributed by atoms with Crippen LogP contribution < -0.4 is 20.1 Å². The molecule has 1 aliphatic heterocycles. The second-order valence-corrected chi connectivity index (χ2v) is 6.36. The van der Waals surface area contributed by atoms with E-state index in [9.17, 15) is 4.79 Å². The molecule has 2 rings (SSSR count). The molecular weight excluding hydrogens is 304 g/mol. The standard InChI is InChI=1S/C19H30N2O3/c1-3-4-11-24-17-7-5-16(12-18(17)23-2)14-21-19(22)8-6-15-9-10-20-13-15/h5,7,12,15,20H,3-4,6,8-11,13-14H2,1-2H3,(H,21,22). The molecule has 1 unspecified atom stereocenters. The summed E-state index contributed by atoms with van der Waals surface area (Å²) in [6.07, 6.45) is 4.87. The lowest BCUT2D eigenvalue weighted by Gasteiger charge is -2.13. The van der Waals surface area contributed by atoms with Crippen LogP contribution in [0.4, 0.5) is 0 Å². The third-order valence-corrected chi connectivity index (χ3v) is 4.42. The normalized spacial score (nSPS) is 16.8. The van der Waals surface area contributed by atoms with E-state index in [2.05, 4.69) is 17.6 Å². The number of rotatable bonds is 10. The molecule has 1 saturated heterocycles. The lowest BCUT2D eigenvalue weighted by molar-refractivity contribution is -0.121. The summed E-state index contributed by atoms with van der Waals surface area (Å²) >= 11 is 0. The summed E-state index contributed by atoms with van der Waals surface area (Å²) in [7, 11) is 1.64. The van der Waals surface area contributed by atoms with Crippen molar-refractivity contribution in [2.45, 2.75) is 45.6 Å². The average molecular weight is 334 g/mol. The first kappa shape index (κ1) is 18.6. The van der Waals surface area contributed by atoms with Crippen molar-refractivity contribution >= 4 is 5.91 Å². The van der Waals surface area contributed by atoms with E-state index >= 15 is 0 Å². The topological polar surface area (TPSA) is 59.6 Å². The number of unbranched alkanes of at least 4 members (excludes halogenated alkanes) is 1. The molecule has 1 amide bonds. The summed E-state index contributed by atoms with van der Waals surface area (Å²) < 4.78 is 11.1. The number of ether oxygens (including phenoxy) is 2. The fourth-order valence-electron chi connectivity index (χ4n) is 2.85. The number of hydrogen-bond donors (Lipinski definition) is 2. The largest absolute Gasteiger partial charge is 0.493 e. The van der Waals surface area contributed by atoms with Crippen LogP contribution in [0.5, 0.6) is 11.5 Å². The van der Waals surface area contributed by atoms with Gasteiger partial charge in [-0.3, -0.25) is 4.79 Å². The minimum absolute atomic E-state index is 0.115. The van der Waals surface area contributed by atoms with Crippen molar-refractivity contribution in [3.05, 3.63) is 23.8 Å². The van der Waals surface area contributed by atoms with Crippen LogP contribution in [0.15, 0.2) is 18.2 Å². The van der Waals surface area contributed by atoms with E-state index in [-0.39, 0.29) is 5.91 Å². The van der Waals surface area contributed by atoms with Gasteiger partial charge in [0.25, 0.3) is 0 Å². The number of methoxy groups -OCH3 is 1. The predicted molar refractivity (Wildman–Crippen MR) is 95.5 cm³/mol. The van der Waals surface area contributed by atoms with E-state index in [4.69, 9.17) is 9.47 Å². The molecule has 24 heavy (non-hydrogen) atoms. The SMILES string of the molecule is CCCCOc1ccc(CNC(=O)CCC2CCNC2)cc1OC. The van der Waals surface area contributed by atoms with E-state index in [1.807, 2.05) is 18.2 Å². The van der Waals surface area contributed by atoms with E-state index in [0.29, 0.717) is 25.5 Å². The minimum atomic E-state index is 0.115. The Morgan fingerprint density at radius 3 is 2.96 bits per heavy atom. The first-order valence-electron chi connectivity index (χ1n) is 9.00. The van der Waals surface area contributed by atoms with Crippen LogP contribution >= 0.6 is 0 Å². The van der Waals surface area contributed by atoms with Crippen molar-refractivity contribution in [1.29, 1.82) is 0 Å². The number of carbonyl (C=O) groups excluding carboxylic acids is 1. The molecule has 5 heteroatoms. The van der Waals surface area contributed by atoms with Crippen LogP contribution in [0.3, 0.4) is 0 Å². The van der Waals surface area contributed by atoms with Gasteiger partial charge in [0.2, 0.25) is 5.91 Å². The molecular formula is C19H30N2O3. The maximum absolute atomic E-state index is 12.0. The van der Waals surface area contributed by atoms with Crippen LogP contribution in [0.1, 0.15) is 44.6 Å². The number of amides is 1. The van der Waals surface area contributed by atoms with Gasteiger partial charge < -0.3 is 20.1 Å². The monoisotopic (exact) mass is 334 g/mol. The van der Waals surface area contributed by atoms with Crippen LogP contribution in [0.25, 0.3) is 0 Å². The van der Waals surface area contributed by atoms with Crippen molar-refractivity contribution in [3.8, 4) is 11.5 Å². The quantitative estimate of drug-likeness (QED) is 0.646. The van der Waals surface area contributed by atoms with Gasteiger partial charge >= 0.3 is 0 Å². The Labute approximate surface area is 145 Å². The minimum Gasteiger partial charge on any atom is -0.493 e. The average Bonchev–Trinajstić information content (AvgIpc) is 3.12. The molecule has 0 saturated carbocycles. The van der Waals surface area contributed by atoms with E-state index in [0.717, 1.165) is 49.4 Å². The van der Waals surface area contributed by atoms with Crippen molar-refractivity contribution in [3.63, 3.8) is 0 Å². The molecule has 0 aromatic heterocycles. The van der Waals surface area contributed by atoms with Gasteiger partial charge in [0.1, 0.15) is 0 Å². The van der Waals surface area contributed by atoms with Gasteiger partial charge in [-0.15, -0.1) is 0 Å². The van der Waals surface area contributed by atoms with Crippen LogP contribution in [-0.2, 0) is 11.3 Å². The molecule has 1 heterocycles. The fraction of sp³-hybridized carbons (Fsp3) is 0.632. The van der Waals surface area contributed by atoms with Gasteiger partial charge in [-0.05, 0) is 56.0 Å². The molecule has 5 nitrogen and oxygen atoms in total. The summed E-state index contributed by atoms with van der Waals surface area (Å²) in [6.45, 7) is 5.48. The molecule has 0 bridgehead atoms. The first-order chi connectivity index (χ1) is 11.7. The van der Waals surface area contributed by atoms with Gasteiger partial charge in [-0.1, -0.05) is 19.4 Å². The third-order valence-electron chi connectivity index (χ3n) is 4.42. The zero-order valence-electron chi connectivity index (χ0n) is 14.9. The highest BCUT2D eigenvalue weighted by atomic mass is 16.5. The molecule has 1 aliphatic rings. The summed E-state index contributed by atoms with van der Waals surface area (Å²) in [4.78, 5) is 12.0. The third kappa shape index (κ3) is 6.04. The van der Waals surface area contributed by atoms with Gasteiger partial charge in [0, 0.05) is 13.0 Å². The van der Waals surface area contributed by atoms with Gasteiger partial charge in [0.05, 0.1) is 13.7 Å². The Balaban J connectivity index is 1.77. The Bertz CT molecular complexity index is 513. The van der Waals surface area contributed by atoms with Crippen molar-refractivity contribution in [2.75, 3.05) is 26.8 Å². The Kier molecular flexibility index (Phi) is 7.89. The second kappa shape index (κ2) is 10.2. The lowest BCUT2D eigenvalue weighted by Crippen LogP contribution is -2.23. The lowest BCUT2D eigenvalue weighted by atomic mass is 10.0. The van der Waals surface area contributed by atoms with Crippen LogP contribution in [0, 0.1) is 5.92 Å². The summed E-state index contributed by atoms with van der Waals surface area (Å²) in [6, 6.07) is 5.83. The molecule has 1 aromatic carbocycles. The summed E-state index contributed by atoms with van der Waals surface area (Å²) in [5.41, 5.74) is 1.02. The van der Waals surface area contributed by atoms with Gasteiger partial charge in [-0.25, -0.2) is 0 Å². The van der Waals surface area contributed by atoms with Gasteiger partial charge in [0.15, 0.2) is 11.5 Å². The molecule has 134 valence electrons. The van der Waals surface area contributed by atoms with E-state index < -0.39 is 0 Å². The van der Waals surface area contributed by atoms with Gasteiger partial charge in [-0.2, -0.15) is 0 Å². The summed E-state index contributed by atoms with van der Waals surface area (Å²) in [5, 5.41) is 6.32. The fourth-order valence-corrected chi connectivity index (χ4v) is 2.85. The maximum Gasteiger partial charge on any atom is 0.220 e. The second-order valence-electron chi connectivity index (χ2n) is 6.36. The van der Waals surface area contributed by atoms with Crippen molar-refractivity contribution in [2.24, 2.45) is 5.92 Å². The molecule has 0 spiro atoms. The zero-order chi connectivity index (χ0) is 17.2. The number of benzene rings is 1. The first-order valence-corrected chi connectivity index (χ1v) is 9.00. The maximum atomic E-state index is 12.0.